The second-order valence-corrected chi connectivity index (χ2v) is 10.6. The highest BCUT2D eigenvalue weighted by Crippen LogP contribution is 2.39. The van der Waals surface area contributed by atoms with Crippen molar-refractivity contribution in [3.05, 3.63) is 63.8 Å². The predicted molar refractivity (Wildman–Crippen MR) is 129 cm³/mol. The molecular weight excluding hydrogens is 362 g/mol. The summed E-state index contributed by atoms with van der Waals surface area (Å²) in [6.45, 7) is 16.0. The van der Waals surface area contributed by atoms with Crippen molar-refractivity contribution in [2.24, 2.45) is 7.05 Å². The zero-order chi connectivity index (χ0) is 21.8. The summed E-state index contributed by atoms with van der Waals surface area (Å²) in [5, 5.41) is 2.82. The van der Waals surface area contributed by atoms with Crippen LogP contribution in [0, 0.1) is 27.7 Å². The standard InChI is InChI=1S/C29H38N/c1-18-15-24(29(5,6)7)17-27(19(18)2)28-25-14-13-23(22-11-9-10-12-22)16-26(25)20(3)21(4)30(28)8/h13-17,22H,9-12H2,1-8H3/q+1. The van der Waals surface area contributed by atoms with E-state index in [1.165, 1.54) is 75.7 Å². The summed E-state index contributed by atoms with van der Waals surface area (Å²) in [5.74, 6) is 0.750. The molecule has 0 N–H and O–H groups in total. The fourth-order valence-electron chi connectivity index (χ4n) is 5.25. The molecule has 0 atom stereocenters. The van der Waals surface area contributed by atoms with Gasteiger partial charge in [-0.2, -0.15) is 4.57 Å². The average Bonchev–Trinajstić information content (AvgIpc) is 3.23. The molecule has 1 aliphatic rings. The number of hydrogen-bond donors (Lipinski definition) is 0. The van der Waals surface area contributed by atoms with Gasteiger partial charge in [-0.1, -0.05) is 51.8 Å². The van der Waals surface area contributed by atoms with E-state index in [1.54, 1.807) is 5.56 Å². The zero-order valence-electron chi connectivity index (χ0n) is 20.2. The van der Waals surface area contributed by atoms with E-state index in [1.807, 2.05) is 0 Å². The summed E-state index contributed by atoms with van der Waals surface area (Å²) in [4.78, 5) is 0. The van der Waals surface area contributed by atoms with Crippen LogP contribution in [0.25, 0.3) is 22.0 Å². The Balaban J connectivity index is 2.03. The highest BCUT2D eigenvalue weighted by Gasteiger charge is 2.26. The van der Waals surface area contributed by atoms with Crippen LogP contribution in [0.15, 0.2) is 30.3 Å². The fourth-order valence-corrected chi connectivity index (χ4v) is 5.25. The summed E-state index contributed by atoms with van der Waals surface area (Å²) in [5.41, 5.74) is 11.4. The van der Waals surface area contributed by atoms with Crippen LogP contribution in [-0.4, -0.2) is 0 Å². The number of hydrogen-bond acceptors (Lipinski definition) is 0. The lowest BCUT2D eigenvalue weighted by molar-refractivity contribution is -0.665. The third-order valence-electron chi connectivity index (χ3n) is 7.70. The van der Waals surface area contributed by atoms with Crippen molar-refractivity contribution in [2.45, 2.75) is 85.5 Å². The van der Waals surface area contributed by atoms with Crippen molar-refractivity contribution < 1.29 is 4.57 Å². The topological polar surface area (TPSA) is 3.88 Å². The minimum absolute atomic E-state index is 0.136. The maximum absolute atomic E-state index is 2.51. The molecule has 0 spiro atoms. The van der Waals surface area contributed by atoms with Crippen molar-refractivity contribution in [1.29, 1.82) is 0 Å². The van der Waals surface area contributed by atoms with Crippen LogP contribution in [0.2, 0.25) is 0 Å². The van der Waals surface area contributed by atoms with Crippen molar-refractivity contribution in [1.82, 2.24) is 0 Å². The Labute approximate surface area is 183 Å². The van der Waals surface area contributed by atoms with Crippen LogP contribution in [0.3, 0.4) is 0 Å². The molecule has 3 aromatic rings. The van der Waals surface area contributed by atoms with Gasteiger partial charge < -0.3 is 0 Å². The number of pyridine rings is 1. The van der Waals surface area contributed by atoms with Gasteiger partial charge in [0, 0.05) is 12.5 Å². The zero-order valence-corrected chi connectivity index (χ0v) is 20.2. The first-order chi connectivity index (χ1) is 14.1. The van der Waals surface area contributed by atoms with Crippen LogP contribution >= 0.6 is 0 Å². The number of benzene rings is 2. The van der Waals surface area contributed by atoms with Gasteiger partial charge in [0.15, 0.2) is 5.69 Å². The maximum Gasteiger partial charge on any atom is 0.220 e. The lowest BCUT2D eigenvalue weighted by Crippen LogP contribution is -2.36. The Bertz CT molecular complexity index is 1120. The van der Waals surface area contributed by atoms with Crippen LogP contribution in [-0.2, 0) is 12.5 Å². The molecule has 1 aliphatic carbocycles. The summed E-state index contributed by atoms with van der Waals surface area (Å²) in [6.07, 6.45) is 5.47. The third kappa shape index (κ3) is 3.47. The number of aryl methyl sites for hydroxylation is 2. The molecule has 30 heavy (non-hydrogen) atoms. The molecule has 1 nitrogen and oxygen atoms in total. The molecule has 4 rings (SSSR count). The van der Waals surface area contributed by atoms with Crippen LogP contribution in [0.5, 0.6) is 0 Å². The molecule has 2 aromatic carbocycles. The number of nitrogens with zero attached hydrogens (tertiary/aromatic N) is 1. The van der Waals surface area contributed by atoms with Gasteiger partial charge in [-0.05, 0) is 84.7 Å². The molecule has 1 heteroatoms. The highest BCUT2D eigenvalue weighted by atomic mass is 14.9. The molecule has 1 saturated carbocycles. The largest absolute Gasteiger partial charge is 0.220 e. The lowest BCUT2D eigenvalue weighted by Gasteiger charge is -2.23. The van der Waals surface area contributed by atoms with Gasteiger partial charge in [-0.3, -0.25) is 0 Å². The average molecular weight is 401 g/mol. The SMILES string of the molecule is Cc1cc(C(C)(C)C)cc(-c2c3ccc(C4CCCC4)cc3c(C)c(C)[n+]2C)c1C. The second kappa shape index (κ2) is 7.52. The van der Waals surface area contributed by atoms with E-state index >= 15 is 0 Å². The monoisotopic (exact) mass is 400 g/mol. The molecule has 0 amide bonds. The van der Waals surface area contributed by atoms with Crippen molar-refractivity contribution in [3.63, 3.8) is 0 Å². The first kappa shape index (κ1) is 21.1. The van der Waals surface area contributed by atoms with E-state index < -0.39 is 0 Å². The Morgan fingerprint density at radius 1 is 0.833 bits per heavy atom. The van der Waals surface area contributed by atoms with Crippen LogP contribution in [0.1, 0.15) is 85.9 Å². The van der Waals surface area contributed by atoms with Gasteiger partial charge >= 0.3 is 0 Å². The van der Waals surface area contributed by atoms with Gasteiger partial charge in [0.25, 0.3) is 0 Å². The second-order valence-electron chi connectivity index (χ2n) is 10.6. The van der Waals surface area contributed by atoms with Crippen LogP contribution in [0.4, 0.5) is 0 Å². The normalized spacial score (nSPS) is 15.3. The minimum Gasteiger partial charge on any atom is -0.198 e. The molecule has 1 fully saturated rings. The molecule has 0 unspecified atom stereocenters. The lowest BCUT2D eigenvalue weighted by atomic mass is 9.82. The van der Waals surface area contributed by atoms with Gasteiger partial charge in [-0.15, -0.1) is 0 Å². The molecule has 1 heterocycles. The van der Waals surface area contributed by atoms with Gasteiger partial charge in [0.05, 0.1) is 10.9 Å². The predicted octanol–water partition coefficient (Wildman–Crippen LogP) is 7.52. The Hall–Kier alpha value is -2.15. The Kier molecular flexibility index (Phi) is 5.29. The van der Waals surface area contributed by atoms with E-state index in [0.29, 0.717) is 0 Å². The first-order valence-electron chi connectivity index (χ1n) is 11.6. The van der Waals surface area contributed by atoms with E-state index in [2.05, 4.69) is 90.4 Å². The summed E-state index contributed by atoms with van der Waals surface area (Å²) in [6, 6.07) is 12.1. The molecule has 0 aliphatic heterocycles. The highest BCUT2D eigenvalue weighted by molar-refractivity contribution is 5.96. The van der Waals surface area contributed by atoms with Crippen LogP contribution < -0.4 is 4.57 Å². The van der Waals surface area contributed by atoms with Crippen molar-refractivity contribution >= 4 is 10.8 Å². The smallest absolute Gasteiger partial charge is 0.198 e. The summed E-state index contributed by atoms with van der Waals surface area (Å²) >= 11 is 0. The fraction of sp³-hybridized carbons (Fsp3) is 0.483. The van der Waals surface area contributed by atoms with E-state index in [9.17, 15) is 0 Å². The molecule has 158 valence electrons. The Morgan fingerprint density at radius 3 is 2.13 bits per heavy atom. The minimum atomic E-state index is 0.136. The number of aromatic nitrogens is 1. The van der Waals surface area contributed by atoms with E-state index in [-0.39, 0.29) is 5.41 Å². The maximum atomic E-state index is 2.51. The van der Waals surface area contributed by atoms with Crippen molar-refractivity contribution in [2.75, 3.05) is 0 Å². The molecule has 1 aromatic heterocycles. The Morgan fingerprint density at radius 2 is 1.50 bits per heavy atom. The summed E-state index contributed by atoms with van der Waals surface area (Å²) in [7, 11) is 2.24. The summed E-state index contributed by atoms with van der Waals surface area (Å²) < 4.78 is 2.42. The molecule has 0 bridgehead atoms. The first-order valence-corrected chi connectivity index (χ1v) is 11.6. The third-order valence-corrected chi connectivity index (χ3v) is 7.70. The molecular formula is C29H38N+. The molecule has 0 radical (unpaired) electrons. The van der Waals surface area contributed by atoms with E-state index in [4.69, 9.17) is 0 Å². The van der Waals surface area contributed by atoms with Gasteiger partial charge in [0.1, 0.15) is 7.05 Å². The number of rotatable bonds is 2. The van der Waals surface area contributed by atoms with Crippen molar-refractivity contribution in [3.8, 4) is 11.3 Å². The quantitative estimate of drug-likeness (QED) is 0.392. The number of fused-ring (bicyclic) bond motifs is 1. The van der Waals surface area contributed by atoms with E-state index in [0.717, 1.165) is 5.92 Å². The molecule has 0 saturated heterocycles. The van der Waals surface area contributed by atoms with Gasteiger partial charge in [-0.25, -0.2) is 0 Å². The van der Waals surface area contributed by atoms with Gasteiger partial charge in [0.2, 0.25) is 5.69 Å².